The minimum Gasteiger partial charge on any atom is -0.296 e. The Kier molecular flexibility index (Phi) is 3.40. The van der Waals surface area contributed by atoms with Gasteiger partial charge in [-0.25, -0.2) is 0 Å². The summed E-state index contributed by atoms with van der Waals surface area (Å²) in [5, 5.41) is 0.738. The van der Waals surface area contributed by atoms with Crippen LogP contribution < -0.4 is 0 Å². The summed E-state index contributed by atoms with van der Waals surface area (Å²) < 4.78 is 0. The third-order valence-electron chi connectivity index (χ3n) is 4.43. The van der Waals surface area contributed by atoms with Gasteiger partial charge >= 0.3 is 0 Å². The van der Waals surface area contributed by atoms with Gasteiger partial charge in [-0.2, -0.15) is 0 Å². The van der Waals surface area contributed by atoms with Crippen LogP contribution in [0.2, 0.25) is 5.02 Å². The number of aryl methyl sites for hydroxylation is 1. The Morgan fingerprint density at radius 1 is 1.21 bits per heavy atom. The van der Waals surface area contributed by atoms with Crippen LogP contribution >= 0.6 is 11.6 Å². The maximum Gasteiger partial charge on any atom is 0.164 e. The standard InChI is InChI=1S/C16H20ClNO/c1-10(2)18-7-6-11-8-12-4-3-5-14(19)15(12)16(17)13(11)9-18/h8,10H,3-7,9H2,1-2H3. The molecule has 0 N–H and O–H groups in total. The molecule has 3 heteroatoms. The zero-order valence-corrected chi connectivity index (χ0v) is 12.4. The van der Waals surface area contributed by atoms with Gasteiger partial charge in [0, 0.05) is 31.1 Å². The molecule has 2 aliphatic rings. The van der Waals surface area contributed by atoms with Crippen molar-refractivity contribution in [3.05, 3.63) is 33.3 Å². The Hall–Kier alpha value is -0.860. The molecule has 0 amide bonds. The van der Waals surface area contributed by atoms with Gasteiger partial charge in [0.05, 0.1) is 5.02 Å². The molecule has 19 heavy (non-hydrogen) atoms. The predicted octanol–water partition coefficient (Wildman–Crippen LogP) is 3.63. The number of benzene rings is 1. The second kappa shape index (κ2) is 4.92. The first-order valence-corrected chi connectivity index (χ1v) is 7.56. The fraction of sp³-hybridized carbons (Fsp3) is 0.562. The van der Waals surface area contributed by atoms with E-state index in [1.54, 1.807) is 0 Å². The molecule has 1 aliphatic heterocycles. The molecule has 0 aromatic heterocycles. The molecule has 1 aliphatic carbocycles. The van der Waals surface area contributed by atoms with Crippen LogP contribution in [0.4, 0.5) is 0 Å². The predicted molar refractivity (Wildman–Crippen MR) is 78.0 cm³/mol. The number of hydrogen-bond donors (Lipinski definition) is 0. The summed E-state index contributed by atoms with van der Waals surface area (Å²) >= 11 is 6.56. The molecule has 0 radical (unpaired) electrons. The summed E-state index contributed by atoms with van der Waals surface area (Å²) in [5.41, 5.74) is 4.54. The van der Waals surface area contributed by atoms with E-state index in [1.165, 1.54) is 16.7 Å². The second-order valence-corrected chi connectivity index (χ2v) is 6.33. The summed E-state index contributed by atoms with van der Waals surface area (Å²) in [4.78, 5) is 14.5. The number of nitrogens with zero attached hydrogens (tertiary/aromatic N) is 1. The van der Waals surface area contributed by atoms with Crippen molar-refractivity contribution in [2.45, 2.75) is 52.1 Å². The molecule has 3 rings (SSSR count). The van der Waals surface area contributed by atoms with Gasteiger partial charge in [-0.1, -0.05) is 17.7 Å². The van der Waals surface area contributed by atoms with Crippen LogP contribution in [-0.2, 0) is 19.4 Å². The quantitative estimate of drug-likeness (QED) is 0.781. The molecule has 0 unspecified atom stereocenters. The number of carbonyl (C=O) groups is 1. The zero-order valence-electron chi connectivity index (χ0n) is 11.6. The summed E-state index contributed by atoms with van der Waals surface area (Å²) in [6, 6.07) is 2.77. The first-order valence-electron chi connectivity index (χ1n) is 7.18. The molecular formula is C16H20ClNO. The fourth-order valence-corrected chi connectivity index (χ4v) is 3.65. The van der Waals surface area contributed by atoms with Gasteiger partial charge in [0.25, 0.3) is 0 Å². The molecule has 0 atom stereocenters. The lowest BCUT2D eigenvalue weighted by molar-refractivity contribution is 0.0972. The largest absolute Gasteiger partial charge is 0.296 e. The minimum atomic E-state index is 0.232. The molecule has 102 valence electrons. The van der Waals surface area contributed by atoms with Gasteiger partial charge in [0.2, 0.25) is 0 Å². The molecule has 0 bridgehead atoms. The van der Waals surface area contributed by atoms with E-state index in [0.717, 1.165) is 42.9 Å². The van der Waals surface area contributed by atoms with Gasteiger partial charge in [0.15, 0.2) is 5.78 Å². The van der Waals surface area contributed by atoms with E-state index in [2.05, 4.69) is 24.8 Å². The van der Waals surface area contributed by atoms with E-state index in [4.69, 9.17) is 11.6 Å². The van der Waals surface area contributed by atoms with Crippen LogP contribution in [0.15, 0.2) is 6.07 Å². The lowest BCUT2D eigenvalue weighted by Gasteiger charge is -2.34. The molecule has 1 aromatic rings. The molecule has 0 spiro atoms. The normalized spacial score (nSPS) is 19.5. The highest BCUT2D eigenvalue weighted by atomic mass is 35.5. The van der Waals surface area contributed by atoms with Crippen molar-refractivity contribution in [1.82, 2.24) is 4.90 Å². The highest BCUT2D eigenvalue weighted by molar-refractivity contribution is 6.35. The Balaban J connectivity index is 2.07. The highest BCUT2D eigenvalue weighted by Gasteiger charge is 2.27. The highest BCUT2D eigenvalue weighted by Crippen LogP contribution is 2.36. The van der Waals surface area contributed by atoms with Crippen LogP contribution in [-0.4, -0.2) is 23.3 Å². The van der Waals surface area contributed by atoms with Crippen molar-refractivity contribution >= 4 is 17.4 Å². The average Bonchev–Trinajstić information content (AvgIpc) is 2.38. The van der Waals surface area contributed by atoms with Crippen molar-refractivity contribution in [1.29, 1.82) is 0 Å². The Morgan fingerprint density at radius 2 is 2.00 bits per heavy atom. The van der Waals surface area contributed by atoms with E-state index < -0.39 is 0 Å². The van der Waals surface area contributed by atoms with Crippen molar-refractivity contribution in [2.75, 3.05) is 6.54 Å². The molecule has 2 nitrogen and oxygen atoms in total. The number of hydrogen-bond acceptors (Lipinski definition) is 2. The molecule has 0 saturated carbocycles. The Bertz CT molecular complexity index is 536. The summed E-state index contributed by atoms with van der Waals surface area (Å²) in [7, 11) is 0. The van der Waals surface area contributed by atoms with Gasteiger partial charge < -0.3 is 0 Å². The summed E-state index contributed by atoms with van der Waals surface area (Å²) in [6.45, 7) is 6.39. The van der Waals surface area contributed by atoms with Crippen molar-refractivity contribution < 1.29 is 4.79 Å². The summed E-state index contributed by atoms with van der Waals surface area (Å²) in [6.07, 6.45) is 3.68. The van der Waals surface area contributed by atoms with Gasteiger partial charge in [-0.05, 0) is 49.8 Å². The number of ketones is 1. The van der Waals surface area contributed by atoms with Gasteiger partial charge in [-0.3, -0.25) is 9.69 Å². The maximum absolute atomic E-state index is 12.1. The van der Waals surface area contributed by atoms with E-state index in [0.29, 0.717) is 12.5 Å². The lowest BCUT2D eigenvalue weighted by atomic mass is 9.85. The van der Waals surface area contributed by atoms with Crippen LogP contribution in [0.3, 0.4) is 0 Å². The Labute approximate surface area is 119 Å². The van der Waals surface area contributed by atoms with E-state index in [1.807, 2.05) is 0 Å². The van der Waals surface area contributed by atoms with Crippen molar-refractivity contribution in [3.8, 4) is 0 Å². The van der Waals surface area contributed by atoms with E-state index in [9.17, 15) is 4.79 Å². The number of fused-ring (bicyclic) bond motifs is 2. The molecule has 0 saturated heterocycles. The van der Waals surface area contributed by atoms with Crippen LogP contribution in [0, 0.1) is 0 Å². The average molecular weight is 278 g/mol. The zero-order chi connectivity index (χ0) is 13.6. The third-order valence-corrected chi connectivity index (χ3v) is 4.85. The Morgan fingerprint density at radius 3 is 2.74 bits per heavy atom. The fourth-order valence-electron chi connectivity index (χ4n) is 3.25. The van der Waals surface area contributed by atoms with Crippen molar-refractivity contribution in [3.63, 3.8) is 0 Å². The first-order chi connectivity index (χ1) is 9.08. The third kappa shape index (κ3) is 2.21. The molecular weight excluding hydrogens is 258 g/mol. The number of halogens is 1. The van der Waals surface area contributed by atoms with E-state index >= 15 is 0 Å². The number of rotatable bonds is 1. The number of carbonyl (C=O) groups excluding carboxylic acids is 1. The van der Waals surface area contributed by atoms with Crippen LogP contribution in [0.5, 0.6) is 0 Å². The van der Waals surface area contributed by atoms with Gasteiger partial charge in [-0.15, -0.1) is 0 Å². The maximum atomic E-state index is 12.1. The molecule has 0 fully saturated rings. The first kappa shape index (κ1) is 13.1. The minimum absolute atomic E-state index is 0.232. The lowest BCUT2D eigenvalue weighted by Crippen LogP contribution is -2.36. The van der Waals surface area contributed by atoms with Gasteiger partial charge in [0.1, 0.15) is 0 Å². The topological polar surface area (TPSA) is 20.3 Å². The molecule has 1 aromatic carbocycles. The van der Waals surface area contributed by atoms with Crippen LogP contribution in [0.1, 0.15) is 53.7 Å². The number of Topliss-reactive ketones (excluding diaryl/α,β-unsaturated/α-hetero) is 1. The monoisotopic (exact) mass is 277 g/mol. The summed E-state index contributed by atoms with van der Waals surface area (Å²) in [5.74, 6) is 0.232. The SMILES string of the molecule is CC(C)N1CCc2cc3c(c(Cl)c2C1)C(=O)CCC3. The van der Waals surface area contributed by atoms with Crippen molar-refractivity contribution in [2.24, 2.45) is 0 Å². The second-order valence-electron chi connectivity index (χ2n) is 5.95. The van der Waals surface area contributed by atoms with Crippen LogP contribution in [0.25, 0.3) is 0 Å². The molecule has 1 heterocycles. The smallest absolute Gasteiger partial charge is 0.164 e. The van der Waals surface area contributed by atoms with E-state index in [-0.39, 0.29) is 5.78 Å².